The molecule has 1 fully saturated rings. The van der Waals surface area contributed by atoms with Crippen LogP contribution in [0.2, 0.25) is 0 Å². The fourth-order valence-electron chi connectivity index (χ4n) is 2.42. The maximum absolute atomic E-state index is 11.9. The van der Waals surface area contributed by atoms with Crippen molar-refractivity contribution in [1.82, 2.24) is 5.32 Å². The fourth-order valence-corrected chi connectivity index (χ4v) is 2.42. The monoisotopic (exact) mass is 351 g/mol. The van der Waals surface area contributed by atoms with Crippen molar-refractivity contribution in [3.63, 3.8) is 0 Å². The average Bonchev–Trinajstić information content (AvgIpc) is 2.61. The Morgan fingerprint density at radius 3 is 2.44 bits per heavy atom. The number of ether oxygens (including phenoxy) is 3. The number of hydrogen-bond acceptors (Lipinski definition) is 6. The molecule has 136 valence electrons. The topological polar surface area (TPSA) is 95.4 Å². The van der Waals surface area contributed by atoms with E-state index in [4.69, 9.17) is 9.47 Å². The second-order valence-electron chi connectivity index (χ2n) is 5.58. The summed E-state index contributed by atoms with van der Waals surface area (Å²) in [4.78, 5) is 35.9. The smallest absolute Gasteiger partial charge is 0.413 e. The van der Waals surface area contributed by atoms with E-state index in [1.54, 1.807) is 19.1 Å². The minimum absolute atomic E-state index is 0.150. The van der Waals surface area contributed by atoms with Gasteiger partial charge in [-0.15, -0.1) is 0 Å². The third-order valence-corrected chi connectivity index (χ3v) is 3.69. The predicted molar refractivity (Wildman–Crippen MR) is 87.1 cm³/mol. The molecule has 1 aromatic carbocycles. The van der Waals surface area contributed by atoms with E-state index in [-0.39, 0.29) is 6.61 Å². The van der Waals surface area contributed by atoms with Crippen LogP contribution in [0, 0.1) is 0 Å². The van der Waals surface area contributed by atoms with Gasteiger partial charge in [-0.3, -0.25) is 10.1 Å². The molecule has 1 heterocycles. The van der Waals surface area contributed by atoms with E-state index in [0.29, 0.717) is 5.56 Å². The van der Waals surface area contributed by atoms with E-state index in [1.165, 1.54) is 4.90 Å². The summed E-state index contributed by atoms with van der Waals surface area (Å²) in [5.74, 6) is -1.36. The molecule has 0 aromatic heterocycles. The lowest BCUT2D eigenvalue weighted by molar-refractivity contribution is -0.921. The molecule has 0 spiro atoms. The van der Waals surface area contributed by atoms with Crippen LogP contribution in [0.25, 0.3) is 0 Å². The summed E-state index contributed by atoms with van der Waals surface area (Å²) < 4.78 is 14.8. The predicted octanol–water partition coefficient (Wildman–Crippen LogP) is -0.469. The molecule has 0 unspecified atom stereocenters. The van der Waals surface area contributed by atoms with Crippen LogP contribution in [0.3, 0.4) is 0 Å². The van der Waals surface area contributed by atoms with Gasteiger partial charge in [-0.25, -0.2) is 9.59 Å². The highest BCUT2D eigenvalue weighted by Crippen LogP contribution is 2.05. The summed E-state index contributed by atoms with van der Waals surface area (Å²) in [6, 6.07) is 7.08. The average molecular weight is 351 g/mol. The Balaban J connectivity index is 1.77. The maximum atomic E-state index is 11.9. The summed E-state index contributed by atoms with van der Waals surface area (Å²) in [6.45, 7) is 5.59. The molecule has 25 heavy (non-hydrogen) atoms. The highest BCUT2D eigenvalue weighted by atomic mass is 16.6. The van der Waals surface area contributed by atoms with E-state index in [0.717, 1.165) is 38.4 Å². The van der Waals surface area contributed by atoms with E-state index < -0.39 is 24.6 Å². The van der Waals surface area contributed by atoms with Gasteiger partial charge in [0.05, 0.1) is 25.4 Å². The van der Waals surface area contributed by atoms with Crippen molar-refractivity contribution in [2.75, 3.05) is 39.5 Å². The van der Waals surface area contributed by atoms with Crippen molar-refractivity contribution >= 4 is 18.0 Å². The van der Waals surface area contributed by atoms with Crippen molar-refractivity contribution in [1.29, 1.82) is 0 Å². The molecule has 0 aliphatic carbocycles. The SMILES string of the molecule is CCOC(=O)NC(=O)COC(=O)c1ccc(C[NH+]2CCOCC2)cc1. The summed E-state index contributed by atoms with van der Waals surface area (Å²) >= 11 is 0. The Labute approximate surface area is 146 Å². The van der Waals surface area contributed by atoms with Crippen molar-refractivity contribution in [3.8, 4) is 0 Å². The molecule has 1 saturated heterocycles. The van der Waals surface area contributed by atoms with Crippen LogP contribution in [0.5, 0.6) is 0 Å². The van der Waals surface area contributed by atoms with Crippen LogP contribution < -0.4 is 10.2 Å². The number of carbonyl (C=O) groups is 3. The van der Waals surface area contributed by atoms with Gasteiger partial charge in [-0.2, -0.15) is 0 Å². The van der Waals surface area contributed by atoms with E-state index in [1.807, 2.05) is 17.4 Å². The van der Waals surface area contributed by atoms with Crippen LogP contribution in [0.15, 0.2) is 24.3 Å². The summed E-state index contributed by atoms with van der Waals surface area (Å²) in [7, 11) is 0. The molecule has 2 amide bonds. The van der Waals surface area contributed by atoms with E-state index in [9.17, 15) is 14.4 Å². The normalized spacial score (nSPS) is 14.6. The van der Waals surface area contributed by atoms with Crippen molar-refractivity contribution in [2.24, 2.45) is 0 Å². The second kappa shape index (κ2) is 9.75. The van der Waals surface area contributed by atoms with E-state index in [2.05, 4.69) is 4.74 Å². The number of rotatable bonds is 6. The van der Waals surface area contributed by atoms with E-state index >= 15 is 0 Å². The Kier molecular flexibility index (Phi) is 7.36. The molecule has 0 saturated carbocycles. The number of quaternary nitrogens is 1. The molecule has 0 atom stereocenters. The van der Waals surface area contributed by atoms with Gasteiger partial charge in [-0.05, 0) is 19.1 Å². The molecule has 8 nitrogen and oxygen atoms in total. The zero-order chi connectivity index (χ0) is 18.1. The number of hydrogen-bond donors (Lipinski definition) is 2. The van der Waals surface area contributed by atoms with Crippen LogP contribution in [0.4, 0.5) is 4.79 Å². The first-order valence-corrected chi connectivity index (χ1v) is 8.22. The highest BCUT2D eigenvalue weighted by Gasteiger charge is 2.16. The van der Waals surface area contributed by atoms with Crippen LogP contribution in [0.1, 0.15) is 22.8 Å². The molecular formula is C17H23N2O6+. The first-order valence-electron chi connectivity index (χ1n) is 8.22. The van der Waals surface area contributed by atoms with Gasteiger partial charge >= 0.3 is 12.1 Å². The van der Waals surface area contributed by atoms with Crippen molar-refractivity contribution in [2.45, 2.75) is 13.5 Å². The molecular weight excluding hydrogens is 328 g/mol. The number of carbonyl (C=O) groups excluding carboxylic acids is 3. The third-order valence-electron chi connectivity index (χ3n) is 3.69. The van der Waals surface area contributed by atoms with Gasteiger partial charge in [0, 0.05) is 5.56 Å². The minimum atomic E-state index is -0.862. The van der Waals surface area contributed by atoms with Gasteiger partial charge in [0.25, 0.3) is 5.91 Å². The Bertz CT molecular complexity index is 596. The molecule has 1 aliphatic rings. The Morgan fingerprint density at radius 1 is 1.12 bits per heavy atom. The quantitative estimate of drug-likeness (QED) is 0.673. The lowest BCUT2D eigenvalue weighted by Crippen LogP contribution is -3.12. The van der Waals surface area contributed by atoms with Crippen LogP contribution in [-0.2, 0) is 25.5 Å². The van der Waals surface area contributed by atoms with Crippen molar-refractivity contribution < 1.29 is 33.5 Å². The van der Waals surface area contributed by atoms with Gasteiger partial charge < -0.3 is 19.1 Å². The zero-order valence-corrected chi connectivity index (χ0v) is 14.2. The third kappa shape index (κ3) is 6.52. The standard InChI is InChI=1S/C17H22N2O6/c1-2-24-17(22)18-15(20)12-25-16(21)14-5-3-13(4-6-14)11-19-7-9-23-10-8-19/h3-6H,2,7-12H2,1H3,(H,18,20,22)/p+1. The fraction of sp³-hybridized carbons (Fsp3) is 0.471. The number of alkyl carbamates (subject to hydrolysis) is 1. The summed E-state index contributed by atoms with van der Waals surface area (Å²) in [5, 5.41) is 1.95. The van der Waals surface area contributed by atoms with Gasteiger partial charge in [0.2, 0.25) is 0 Å². The number of imide groups is 1. The molecule has 2 rings (SSSR count). The van der Waals surface area contributed by atoms with Gasteiger partial charge in [0.1, 0.15) is 19.6 Å². The first kappa shape index (κ1) is 18.9. The van der Waals surface area contributed by atoms with Gasteiger partial charge in [-0.1, -0.05) is 12.1 Å². The zero-order valence-electron chi connectivity index (χ0n) is 14.2. The number of esters is 1. The molecule has 8 heteroatoms. The molecule has 0 radical (unpaired) electrons. The first-order chi connectivity index (χ1) is 12.1. The molecule has 0 bridgehead atoms. The van der Waals surface area contributed by atoms with Crippen LogP contribution >= 0.6 is 0 Å². The number of nitrogens with one attached hydrogen (secondary N) is 2. The highest BCUT2D eigenvalue weighted by molar-refractivity contribution is 5.95. The lowest BCUT2D eigenvalue weighted by Gasteiger charge is -2.23. The summed E-state index contributed by atoms with van der Waals surface area (Å²) in [5.41, 5.74) is 1.47. The molecule has 1 aliphatic heterocycles. The number of benzene rings is 1. The minimum Gasteiger partial charge on any atom is -0.452 e. The lowest BCUT2D eigenvalue weighted by atomic mass is 10.1. The Morgan fingerprint density at radius 2 is 1.80 bits per heavy atom. The number of morpholine rings is 1. The summed E-state index contributed by atoms with van der Waals surface area (Å²) in [6.07, 6.45) is -0.862. The Hall–Kier alpha value is -2.45. The molecule has 2 N–H and O–H groups in total. The number of amides is 2. The van der Waals surface area contributed by atoms with Crippen LogP contribution in [-0.4, -0.2) is 57.5 Å². The van der Waals surface area contributed by atoms with Crippen molar-refractivity contribution in [3.05, 3.63) is 35.4 Å². The second-order valence-corrected chi connectivity index (χ2v) is 5.58. The maximum Gasteiger partial charge on any atom is 0.413 e. The largest absolute Gasteiger partial charge is 0.452 e. The molecule has 1 aromatic rings. The van der Waals surface area contributed by atoms with Gasteiger partial charge in [0.15, 0.2) is 6.61 Å².